The second-order valence-corrected chi connectivity index (χ2v) is 7.01. The number of aliphatic hydroxyl groups is 1. The number of rotatable bonds is 7. The molecule has 0 aromatic rings. The van der Waals surface area contributed by atoms with Gasteiger partial charge in [0.05, 0.1) is 5.60 Å². The molecule has 1 N–H and O–H groups in total. The molecule has 0 saturated carbocycles. The first kappa shape index (κ1) is 16.5. The summed E-state index contributed by atoms with van der Waals surface area (Å²) >= 11 is 3.74. The van der Waals surface area contributed by atoms with Crippen LogP contribution in [0.1, 0.15) is 59.3 Å². The third-order valence-corrected chi connectivity index (χ3v) is 5.35. The molecule has 1 unspecified atom stereocenters. The number of hydrogen-bond acceptors (Lipinski definition) is 2. The molecule has 0 radical (unpaired) electrons. The Morgan fingerprint density at radius 1 is 1.28 bits per heavy atom. The van der Waals surface area contributed by atoms with Crippen LogP contribution in [-0.2, 0) is 0 Å². The van der Waals surface area contributed by atoms with Crippen molar-refractivity contribution >= 4 is 15.9 Å². The van der Waals surface area contributed by atoms with E-state index in [0.717, 1.165) is 37.8 Å². The molecule has 0 spiro atoms. The lowest BCUT2D eigenvalue weighted by Crippen LogP contribution is -2.50. The van der Waals surface area contributed by atoms with Crippen molar-refractivity contribution in [3.8, 4) is 0 Å². The predicted molar refractivity (Wildman–Crippen MR) is 82.3 cm³/mol. The Hall–Kier alpha value is 0.400. The summed E-state index contributed by atoms with van der Waals surface area (Å²) in [7, 11) is 0. The van der Waals surface area contributed by atoms with E-state index in [4.69, 9.17) is 0 Å². The molecule has 0 amide bonds. The number of β-amino-alcohol motifs (C(OH)–C–C–N with tert-alkyl or cyclic N) is 1. The highest BCUT2D eigenvalue weighted by Crippen LogP contribution is 2.34. The zero-order chi connectivity index (χ0) is 13.6. The van der Waals surface area contributed by atoms with E-state index in [2.05, 4.69) is 34.7 Å². The SMILES string of the molecule is CCCC(CBr)(CCC)CN1CCCC(C)(O)C1. The highest BCUT2D eigenvalue weighted by atomic mass is 79.9. The van der Waals surface area contributed by atoms with Gasteiger partial charge in [-0.15, -0.1) is 0 Å². The number of nitrogens with zero attached hydrogens (tertiary/aromatic N) is 1. The summed E-state index contributed by atoms with van der Waals surface area (Å²) in [4.78, 5) is 2.48. The van der Waals surface area contributed by atoms with Crippen LogP contribution in [0.4, 0.5) is 0 Å². The molecule has 1 aliphatic heterocycles. The van der Waals surface area contributed by atoms with Gasteiger partial charge in [0.25, 0.3) is 0 Å². The minimum Gasteiger partial charge on any atom is -0.389 e. The lowest BCUT2D eigenvalue weighted by Gasteiger charge is -2.43. The van der Waals surface area contributed by atoms with Crippen molar-refractivity contribution < 1.29 is 5.11 Å². The van der Waals surface area contributed by atoms with Gasteiger partial charge >= 0.3 is 0 Å². The van der Waals surface area contributed by atoms with Gasteiger partial charge in [0.1, 0.15) is 0 Å². The van der Waals surface area contributed by atoms with Crippen molar-refractivity contribution in [3.63, 3.8) is 0 Å². The maximum absolute atomic E-state index is 10.2. The van der Waals surface area contributed by atoms with Crippen LogP contribution >= 0.6 is 15.9 Å². The topological polar surface area (TPSA) is 23.5 Å². The quantitative estimate of drug-likeness (QED) is 0.721. The molecule has 1 aliphatic rings. The fraction of sp³-hybridized carbons (Fsp3) is 1.00. The smallest absolute Gasteiger partial charge is 0.0746 e. The van der Waals surface area contributed by atoms with Crippen molar-refractivity contribution in [3.05, 3.63) is 0 Å². The van der Waals surface area contributed by atoms with Crippen molar-refractivity contribution in [2.75, 3.05) is 25.0 Å². The van der Waals surface area contributed by atoms with E-state index < -0.39 is 5.60 Å². The molecule has 108 valence electrons. The Labute approximate surface area is 121 Å². The minimum absolute atomic E-state index is 0.400. The molecule has 1 fully saturated rings. The van der Waals surface area contributed by atoms with Gasteiger partial charge in [-0.2, -0.15) is 0 Å². The van der Waals surface area contributed by atoms with E-state index in [1.54, 1.807) is 0 Å². The van der Waals surface area contributed by atoms with E-state index in [1.165, 1.54) is 25.7 Å². The number of piperidine rings is 1. The summed E-state index contributed by atoms with van der Waals surface area (Å²) in [5.41, 5.74) is -0.0777. The molecule has 0 bridgehead atoms. The van der Waals surface area contributed by atoms with Crippen LogP contribution in [0.5, 0.6) is 0 Å². The van der Waals surface area contributed by atoms with Gasteiger partial charge in [0, 0.05) is 18.4 Å². The molecule has 1 atom stereocenters. The number of hydrogen-bond donors (Lipinski definition) is 1. The van der Waals surface area contributed by atoms with Gasteiger partial charge in [-0.05, 0) is 44.6 Å². The molecular formula is C15H30BrNO. The largest absolute Gasteiger partial charge is 0.389 e. The standard InChI is InChI=1S/C15H30BrNO/c1-4-7-15(11-16,8-5-2)13-17-10-6-9-14(3,18)12-17/h18H,4-13H2,1-3H3. The van der Waals surface area contributed by atoms with Crippen LogP contribution < -0.4 is 0 Å². The van der Waals surface area contributed by atoms with Gasteiger partial charge in [0.15, 0.2) is 0 Å². The van der Waals surface area contributed by atoms with E-state index in [0.29, 0.717) is 5.41 Å². The Morgan fingerprint density at radius 3 is 2.33 bits per heavy atom. The molecule has 1 rings (SSSR count). The monoisotopic (exact) mass is 319 g/mol. The van der Waals surface area contributed by atoms with E-state index in [-0.39, 0.29) is 0 Å². The molecular weight excluding hydrogens is 290 g/mol. The summed E-state index contributed by atoms with van der Waals surface area (Å²) < 4.78 is 0. The lowest BCUT2D eigenvalue weighted by molar-refractivity contribution is -0.0281. The Balaban J connectivity index is 2.64. The lowest BCUT2D eigenvalue weighted by atomic mass is 9.80. The fourth-order valence-electron chi connectivity index (χ4n) is 3.45. The third-order valence-electron chi connectivity index (χ3n) is 4.16. The summed E-state index contributed by atoms with van der Waals surface area (Å²) in [6.07, 6.45) is 7.14. The Morgan fingerprint density at radius 2 is 1.89 bits per heavy atom. The van der Waals surface area contributed by atoms with Crippen LogP contribution in [0.25, 0.3) is 0 Å². The van der Waals surface area contributed by atoms with Gasteiger partial charge in [0.2, 0.25) is 0 Å². The second kappa shape index (κ2) is 7.25. The minimum atomic E-state index is -0.477. The normalized spacial score (nSPS) is 26.5. The first-order valence-corrected chi connectivity index (χ1v) is 8.60. The van der Waals surface area contributed by atoms with Crippen molar-refractivity contribution in [1.82, 2.24) is 4.90 Å². The van der Waals surface area contributed by atoms with Gasteiger partial charge in [-0.3, -0.25) is 4.90 Å². The van der Waals surface area contributed by atoms with Gasteiger partial charge in [-0.25, -0.2) is 0 Å². The van der Waals surface area contributed by atoms with Crippen LogP contribution in [0.3, 0.4) is 0 Å². The fourth-order valence-corrected chi connectivity index (χ4v) is 4.19. The van der Waals surface area contributed by atoms with Crippen molar-refractivity contribution in [2.24, 2.45) is 5.41 Å². The van der Waals surface area contributed by atoms with E-state index in [9.17, 15) is 5.11 Å². The highest BCUT2D eigenvalue weighted by Gasteiger charge is 2.34. The average Bonchev–Trinajstić information content (AvgIpc) is 2.28. The number of alkyl halides is 1. The van der Waals surface area contributed by atoms with E-state index >= 15 is 0 Å². The van der Waals surface area contributed by atoms with E-state index in [1.807, 2.05) is 6.92 Å². The van der Waals surface area contributed by atoms with Crippen LogP contribution in [0.15, 0.2) is 0 Å². The molecule has 0 aromatic carbocycles. The highest BCUT2D eigenvalue weighted by molar-refractivity contribution is 9.09. The summed E-state index contributed by atoms with van der Waals surface area (Å²) in [6, 6.07) is 0. The maximum atomic E-state index is 10.2. The van der Waals surface area contributed by atoms with Crippen molar-refractivity contribution in [1.29, 1.82) is 0 Å². The maximum Gasteiger partial charge on any atom is 0.0746 e. The zero-order valence-corrected chi connectivity index (χ0v) is 13.9. The van der Waals surface area contributed by atoms with Gasteiger partial charge in [-0.1, -0.05) is 42.6 Å². The van der Waals surface area contributed by atoms with Gasteiger partial charge < -0.3 is 5.11 Å². The number of halogens is 1. The second-order valence-electron chi connectivity index (χ2n) is 6.44. The third kappa shape index (κ3) is 4.82. The molecule has 0 aliphatic carbocycles. The first-order valence-electron chi connectivity index (χ1n) is 7.48. The van der Waals surface area contributed by atoms with Crippen LogP contribution in [0, 0.1) is 5.41 Å². The van der Waals surface area contributed by atoms with Crippen LogP contribution in [-0.4, -0.2) is 40.6 Å². The summed E-state index contributed by atoms with van der Waals surface area (Å²) in [5.74, 6) is 0. The summed E-state index contributed by atoms with van der Waals surface area (Å²) in [5, 5.41) is 11.3. The molecule has 2 nitrogen and oxygen atoms in total. The molecule has 3 heteroatoms. The molecule has 0 aromatic heterocycles. The molecule has 1 saturated heterocycles. The van der Waals surface area contributed by atoms with Crippen LogP contribution in [0.2, 0.25) is 0 Å². The van der Waals surface area contributed by atoms with Crippen molar-refractivity contribution in [2.45, 2.75) is 64.9 Å². The molecule has 18 heavy (non-hydrogen) atoms. The number of likely N-dealkylation sites (tertiary alicyclic amines) is 1. The zero-order valence-electron chi connectivity index (χ0n) is 12.3. The Kier molecular flexibility index (Phi) is 6.63. The Bertz CT molecular complexity index is 237. The molecule has 1 heterocycles. The summed E-state index contributed by atoms with van der Waals surface area (Å²) in [6.45, 7) is 9.66. The first-order chi connectivity index (χ1) is 8.47. The average molecular weight is 320 g/mol. The predicted octanol–water partition coefficient (Wildman–Crippen LogP) is 3.81.